The van der Waals surface area contributed by atoms with Crippen molar-refractivity contribution in [1.29, 1.82) is 0 Å². The molecule has 0 heterocycles. The van der Waals surface area contributed by atoms with Gasteiger partial charge >= 0.3 is 0 Å². The molecule has 1 N–H and O–H groups in total. The summed E-state index contributed by atoms with van der Waals surface area (Å²) in [5, 5.41) is 2.83. The molecular weight excluding hydrogens is 368 g/mol. The Kier molecular flexibility index (Phi) is 8.58. The van der Waals surface area contributed by atoms with Crippen LogP contribution in [0.3, 0.4) is 0 Å². The van der Waals surface area contributed by atoms with Gasteiger partial charge in [0.2, 0.25) is 11.8 Å². The molecule has 0 bridgehead atoms. The van der Waals surface area contributed by atoms with E-state index in [2.05, 4.69) is 42.6 Å². The molecule has 0 aliphatic rings. The lowest BCUT2D eigenvalue weighted by Crippen LogP contribution is -2.47. The van der Waals surface area contributed by atoms with Crippen molar-refractivity contribution in [2.24, 2.45) is 0 Å². The third kappa shape index (κ3) is 6.71. The van der Waals surface area contributed by atoms with Crippen LogP contribution in [-0.2, 0) is 16.1 Å². The van der Waals surface area contributed by atoms with Crippen LogP contribution in [0.2, 0.25) is 0 Å². The number of carbonyl (C=O) groups excluding carboxylic acids is 2. The van der Waals surface area contributed by atoms with Crippen LogP contribution in [-0.4, -0.2) is 35.1 Å². The minimum atomic E-state index is -0.502. The Morgan fingerprint density at radius 3 is 2.43 bits per heavy atom. The molecule has 2 aromatic rings. The Balaban J connectivity index is 2.04. The molecule has 0 spiro atoms. The van der Waals surface area contributed by atoms with E-state index in [-0.39, 0.29) is 11.8 Å². The molecule has 0 fully saturated rings. The van der Waals surface area contributed by atoms with E-state index < -0.39 is 6.04 Å². The minimum absolute atomic E-state index is 0.000120. The van der Waals surface area contributed by atoms with Crippen molar-refractivity contribution in [2.45, 2.75) is 51.6 Å². The van der Waals surface area contributed by atoms with Gasteiger partial charge in [0, 0.05) is 30.2 Å². The van der Waals surface area contributed by atoms with Crippen molar-refractivity contribution in [2.75, 3.05) is 12.3 Å². The Bertz CT molecular complexity index is 789. The van der Waals surface area contributed by atoms with Gasteiger partial charge in [-0.3, -0.25) is 9.59 Å². The maximum atomic E-state index is 13.0. The quantitative estimate of drug-likeness (QED) is 0.639. The predicted molar refractivity (Wildman–Crippen MR) is 116 cm³/mol. The fourth-order valence-electron chi connectivity index (χ4n) is 2.95. The molecule has 0 aliphatic carbocycles. The van der Waals surface area contributed by atoms with Crippen molar-refractivity contribution >= 4 is 23.6 Å². The van der Waals surface area contributed by atoms with Crippen LogP contribution >= 0.6 is 11.8 Å². The fraction of sp³-hybridized carbons (Fsp3) is 0.391. The lowest BCUT2D eigenvalue weighted by molar-refractivity contribution is -0.140. The number of thioether (sulfide) groups is 1. The molecular formula is C23H30N2O2S. The van der Waals surface area contributed by atoms with Gasteiger partial charge in [-0.2, -0.15) is 0 Å². The molecule has 2 amide bonds. The maximum absolute atomic E-state index is 13.0. The number of nitrogens with zero attached hydrogens (tertiary/aromatic N) is 1. The molecule has 0 radical (unpaired) electrons. The van der Waals surface area contributed by atoms with Gasteiger partial charge < -0.3 is 10.2 Å². The molecule has 28 heavy (non-hydrogen) atoms. The average molecular weight is 399 g/mol. The molecule has 2 aromatic carbocycles. The monoisotopic (exact) mass is 398 g/mol. The summed E-state index contributed by atoms with van der Waals surface area (Å²) in [6, 6.07) is 15.9. The second-order valence-electron chi connectivity index (χ2n) is 6.99. The van der Waals surface area contributed by atoms with Crippen LogP contribution in [0.1, 0.15) is 37.0 Å². The normalized spacial score (nSPS) is 11.7. The van der Waals surface area contributed by atoms with Gasteiger partial charge in [-0.1, -0.05) is 47.5 Å². The number of hydrogen-bond donors (Lipinski definition) is 1. The van der Waals surface area contributed by atoms with Gasteiger partial charge in [-0.15, -0.1) is 11.8 Å². The molecule has 1 unspecified atom stereocenters. The van der Waals surface area contributed by atoms with Gasteiger partial charge in [-0.25, -0.2) is 0 Å². The maximum Gasteiger partial charge on any atom is 0.242 e. The topological polar surface area (TPSA) is 49.4 Å². The van der Waals surface area contributed by atoms with Gasteiger partial charge in [0.15, 0.2) is 0 Å². The smallest absolute Gasteiger partial charge is 0.242 e. The van der Waals surface area contributed by atoms with Gasteiger partial charge in [0.05, 0.1) is 0 Å². The number of nitrogens with one attached hydrogen (secondary N) is 1. The van der Waals surface area contributed by atoms with E-state index in [0.717, 1.165) is 16.0 Å². The summed E-state index contributed by atoms with van der Waals surface area (Å²) in [6.07, 6.45) is 0.397. The van der Waals surface area contributed by atoms with E-state index in [0.29, 0.717) is 25.3 Å². The van der Waals surface area contributed by atoms with Crippen molar-refractivity contribution in [3.63, 3.8) is 0 Å². The first kappa shape index (κ1) is 22.0. The molecule has 5 heteroatoms. The predicted octanol–water partition coefficient (Wildman–Crippen LogP) is 4.34. The van der Waals surface area contributed by atoms with Crippen LogP contribution in [0.15, 0.2) is 53.4 Å². The van der Waals surface area contributed by atoms with Crippen molar-refractivity contribution < 1.29 is 9.59 Å². The van der Waals surface area contributed by atoms with Gasteiger partial charge in [-0.05, 0) is 45.4 Å². The zero-order chi connectivity index (χ0) is 20.5. The van der Waals surface area contributed by atoms with E-state index in [9.17, 15) is 9.59 Å². The zero-order valence-electron chi connectivity index (χ0n) is 17.2. The van der Waals surface area contributed by atoms with Crippen LogP contribution in [0.5, 0.6) is 0 Å². The standard InChI is InChI=1S/C23H30N2O2S/c1-5-24-23(27)19(4)25(16-20-8-6-7-18(3)15-20)22(26)13-14-28-21-11-9-17(2)10-12-21/h6-12,15,19H,5,13-14,16H2,1-4H3,(H,24,27). The average Bonchev–Trinajstić information content (AvgIpc) is 2.67. The molecule has 0 aromatic heterocycles. The summed E-state index contributed by atoms with van der Waals surface area (Å²) < 4.78 is 0. The number of likely N-dealkylation sites (N-methyl/N-ethyl adjacent to an activating group) is 1. The lowest BCUT2D eigenvalue weighted by atomic mass is 10.1. The Hall–Kier alpha value is -2.27. The molecule has 150 valence electrons. The Morgan fingerprint density at radius 2 is 1.79 bits per heavy atom. The first-order valence-electron chi connectivity index (χ1n) is 9.73. The minimum Gasteiger partial charge on any atom is -0.355 e. The summed E-state index contributed by atoms with van der Waals surface area (Å²) in [6.45, 7) is 8.76. The lowest BCUT2D eigenvalue weighted by Gasteiger charge is -2.29. The third-order valence-electron chi connectivity index (χ3n) is 4.56. The number of carbonyl (C=O) groups is 2. The van der Waals surface area contributed by atoms with Crippen LogP contribution in [0, 0.1) is 13.8 Å². The summed E-state index contributed by atoms with van der Waals surface area (Å²) in [5.74, 6) is 0.573. The molecule has 0 aliphatic heterocycles. The summed E-state index contributed by atoms with van der Waals surface area (Å²) in [4.78, 5) is 28.2. The summed E-state index contributed by atoms with van der Waals surface area (Å²) in [5.41, 5.74) is 3.40. The van der Waals surface area contributed by atoms with Crippen molar-refractivity contribution in [1.82, 2.24) is 10.2 Å². The van der Waals surface area contributed by atoms with Crippen LogP contribution in [0.4, 0.5) is 0 Å². The summed E-state index contributed by atoms with van der Waals surface area (Å²) in [7, 11) is 0. The van der Waals surface area contributed by atoms with Crippen LogP contribution in [0.25, 0.3) is 0 Å². The van der Waals surface area contributed by atoms with E-state index in [1.807, 2.05) is 32.0 Å². The molecule has 1 atom stereocenters. The van der Waals surface area contributed by atoms with E-state index in [1.54, 1.807) is 23.6 Å². The number of aryl methyl sites for hydroxylation is 2. The van der Waals surface area contributed by atoms with Crippen molar-refractivity contribution in [3.05, 3.63) is 65.2 Å². The SMILES string of the molecule is CCNC(=O)C(C)N(Cc1cccc(C)c1)C(=O)CCSc1ccc(C)cc1. The Morgan fingerprint density at radius 1 is 1.07 bits per heavy atom. The van der Waals surface area contributed by atoms with E-state index in [4.69, 9.17) is 0 Å². The first-order chi connectivity index (χ1) is 13.4. The second-order valence-corrected chi connectivity index (χ2v) is 8.16. The molecule has 4 nitrogen and oxygen atoms in total. The van der Waals surface area contributed by atoms with Crippen molar-refractivity contribution in [3.8, 4) is 0 Å². The molecule has 0 saturated heterocycles. The number of hydrogen-bond acceptors (Lipinski definition) is 3. The van der Waals surface area contributed by atoms with Gasteiger partial charge in [0.25, 0.3) is 0 Å². The first-order valence-corrected chi connectivity index (χ1v) is 10.7. The van der Waals surface area contributed by atoms with E-state index in [1.165, 1.54) is 5.56 Å². The fourth-order valence-corrected chi connectivity index (χ4v) is 3.79. The summed E-state index contributed by atoms with van der Waals surface area (Å²) >= 11 is 1.67. The number of rotatable bonds is 9. The Labute approximate surface area is 172 Å². The number of benzene rings is 2. The second kappa shape index (κ2) is 10.9. The molecule has 2 rings (SSSR count). The highest BCUT2D eigenvalue weighted by Crippen LogP contribution is 2.20. The third-order valence-corrected chi connectivity index (χ3v) is 5.57. The highest BCUT2D eigenvalue weighted by Gasteiger charge is 2.25. The van der Waals surface area contributed by atoms with Gasteiger partial charge in [0.1, 0.15) is 6.04 Å². The highest BCUT2D eigenvalue weighted by atomic mass is 32.2. The number of amides is 2. The highest BCUT2D eigenvalue weighted by molar-refractivity contribution is 7.99. The molecule has 0 saturated carbocycles. The largest absolute Gasteiger partial charge is 0.355 e. The van der Waals surface area contributed by atoms with E-state index >= 15 is 0 Å². The van der Waals surface area contributed by atoms with Crippen LogP contribution < -0.4 is 5.32 Å². The zero-order valence-corrected chi connectivity index (χ0v) is 18.0.